The molecule has 0 spiro atoms. The normalized spacial score (nSPS) is 14.9. The molecular weight excluding hydrogens is 472 g/mol. The topological polar surface area (TPSA) is 119 Å². The zero-order valence-corrected chi connectivity index (χ0v) is 21.1. The Morgan fingerprint density at radius 2 is 1.76 bits per heavy atom. The molecule has 1 aliphatic heterocycles. The number of amides is 3. The molecule has 1 unspecified atom stereocenters. The lowest BCUT2D eigenvalue weighted by Crippen LogP contribution is -2.51. The molecule has 3 rings (SSSR count). The van der Waals surface area contributed by atoms with Gasteiger partial charge in [-0.2, -0.15) is 0 Å². The summed E-state index contributed by atoms with van der Waals surface area (Å²) in [6, 6.07) is 14.6. The third-order valence-corrected chi connectivity index (χ3v) is 6.78. The highest BCUT2D eigenvalue weighted by Gasteiger charge is 2.31. The van der Waals surface area contributed by atoms with Crippen molar-refractivity contribution in [3.8, 4) is 12.3 Å². The van der Waals surface area contributed by atoms with Crippen LogP contribution < -0.4 is 10.6 Å². The monoisotopic (exact) mass is 506 g/mol. The number of hydrogen-bond donors (Lipinski definition) is 3. The second-order valence-electron chi connectivity index (χ2n) is 9.18. The van der Waals surface area contributed by atoms with Gasteiger partial charge in [-0.15, -0.1) is 6.42 Å². The molecule has 0 radical (unpaired) electrons. The number of carbonyl (C=O) groups excluding carboxylic acids is 3. The predicted molar refractivity (Wildman–Crippen MR) is 140 cm³/mol. The fourth-order valence-electron chi connectivity index (χ4n) is 4.78. The number of likely N-dealkylation sites (tertiary alicyclic amines) is 1. The van der Waals surface area contributed by atoms with E-state index in [1.807, 2.05) is 12.1 Å². The van der Waals surface area contributed by atoms with E-state index in [2.05, 4.69) is 58.7 Å². The van der Waals surface area contributed by atoms with Gasteiger partial charge in [-0.25, -0.2) is 0 Å². The average molecular weight is 507 g/mol. The van der Waals surface area contributed by atoms with Crippen molar-refractivity contribution in [3.63, 3.8) is 0 Å². The number of nitrogens with one attached hydrogen (secondary N) is 2. The summed E-state index contributed by atoms with van der Waals surface area (Å²) in [5.74, 6) is -0.0728. The number of piperidine rings is 1. The molecule has 2 aromatic rings. The Morgan fingerprint density at radius 3 is 2.46 bits per heavy atom. The number of fused-ring (bicyclic) bond motifs is 1. The standard InChI is InChI=1S/C28H34N4O5/c1-3-15-29-25(33)18-30-26(34)19-32(27(35)11-12-28(36)37)22-13-16-31(17-14-22)20(2)23-10-6-8-21-7-4-5-9-24(21)23/h1,4-10,20,22H,11-19H2,2H3,(H,29,33)(H,30,34)(H,36,37). The number of carboxylic acid groups (broad SMARTS) is 1. The van der Waals surface area contributed by atoms with Gasteiger partial charge in [0.15, 0.2) is 0 Å². The molecule has 0 bridgehead atoms. The SMILES string of the molecule is C#CCNC(=O)CNC(=O)CN(C(=O)CCC(=O)O)C1CCN(C(C)c2cccc3ccccc23)CC1. The molecule has 3 N–H and O–H groups in total. The molecule has 0 saturated carbocycles. The van der Waals surface area contributed by atoms with Crippen molar-refractivity contribution in [1.29, 1.82) is 0 Å². The number of carbonyl (C=O) groups is 4. The van der Waals surface area contributed by atoms with Gasteiger partial charge < -0.3 is 20.6 Å². The van der Waals surface area contributed by atoms with Crippen molar-refractivity contribution in [3.05, 3.63) is 48.0 Å². The van der Waals surface area contributed by atoms with E-state index in [1.54, 1.807) is 0 Å². The van der Waals surface area contributed by atoms with Crippen molar-refractivity contribution in [2.45, 2.75) is 44.7 Å². The smallest absolute Gasteiger partial charge is 0.303 e. The summed E-state index contributed by atoms with van der Waals surface area (Å²) in [5.41, 5.74) is 1.24. The number of nitrogens with zero attached hydrogens (tertiary/aromatic N) is 2. The maximum absolute atomic E-state index is 12.9. The number of hydrogen-bond acceptors (Lipinski definition) is 5. The summed E-state index contributed by atoms with van der Waals surface area (Å²) in [4.78, 5) is 52.0. The highest BCUT2D eigenvalue weighted by atomic mass is 16.4. The number of rotatable bonds is 11. The Kier molecular flexibility index (Phi) is 10.0. The molecule has 196 valence electrons. The lowest BCUT2D eigenvalue weighted by Gasteiger charge is -2.41. The van der Waals surface area contributed by atoms with Gasteiger partial charge in [0.1, 0.15) is 0 Å². The van der Waals surface area contributed by atoms with Gasteiger partial charge >= 0.3 is 5.97 Å². The van der Waals surface area contributed by atoms with Gasteiger partial charge in [-0.05, 0) is 36.1 Å². The first-order chi connectivity index (χ1) is 17.8. The van der Waals surface area contributed by atoms with Crippen molar-refractivity contribution in [2.24, 2.45) is 0 Å². The lowest BCUT2D eigenvalue weighted by molar-refractivity contribution is -0.143. The molecule has 1 saturated heterocycles. The van der Waals surface area contributed by atoms with E-state index in [-0.39, 0.29) is 50.5 Å². The predicted octanol–water partition coefficient (Wildman–Crippen LogP) is 1.92. The van der Waals surface area contributed by atoms with Crippen LogP contribution in [0.1, 0.15) is 44.2 Å². The number of benzene rings is 2. The first-order valence-electron chi connectivity index (χ1n) is 12.5. The fourth-order valence-corrected chi connectivity index (χ4v) is 4.78. The minimum atomic E-state index is -1.07. The Labute approximate surface area is 217 Å². The molecule has 1 atom stereocenters. The van der Waals surface area contributed by atoms with Gasteiger partial charge in [-0.3, -0.25) is 24.1 Å². The van der Waals surface area contributed by atoms with E-state index in [0.29, 0.717) is 12.8 Å². The van der Waals surface area contributed by atoms with E-state index in [4.69, 9.17) is 11.5 Å². The van der Waals surface area contributed by atoms with E-state index < -0.39 is 17.8 Å². The van der Waals surface area contributed by atoms with Gasteiger partial charge in [0.05, 0.1) is 26.1 Å². The zero-order chi connectivity index (χ0) is 26.8. The minimum Gasteiger partial charge on any atom is -0.481 e. The molecule has 2 aromatic carbocycles. The van der Waals surface area contributed by atoms with Crippen molar-refractivity contribution < 1.29 is 24.3 Å². The zero-order valence-electron chi connectivity index (χ0n) is 21.1. The quantitative estimate of drug-likeness (QED) is 0.401. The second-order valence-corrected chi connectivity index (χ2v) is 9.18. The van der Waals surface area contributed by atoms with E-state index >= 15 is 0 Å². The van der Waals surface area contributed by atoms with Crippen LogP contribution in [0.25, 0.3) is 10.8 Å². The van der Waals surface area contributed by atoms with Crippen LogP contribution in [-0.2, 0) is 19.2 Å². The Balaban J connectivity index is 1.64. The average Bonchev–Trinajstić information content (AvgIpc) is 2.91. The summed E-state index contributed by atoms with van der Waals surface area (Å²) in [7, 11) is 0. The van der Waals surface area contributed by atoms with Crippen LogP contribution in [0.4, 0.5) is 0 Å². The van der Waals surface area contributed by atoms with Crippen molar-refractivity contribution in [1.82, 2.24) is 20.4 Å². The molecule has 1 aliphatic rings. The molecular formula is C28H34N4O5. The molecule has 1 heterocycles. The molecule has 3 amide bonds. The van der Waals surface area contributed by atoms with Crippen molar-refractivity contribution >= 4 is 34.5 Å². The summed E-state index contributed by atoms with van der Waals surface area (Å²) in [6.07, 6.45) is 5.94. The van der Waals surface area contributed by atoms with Crippen molar-refractivity contribution in [2.75, 3.05) is 32.7 Å². The van der Waals surface area contributed by atoms with Gasteiger partial charge in [0, 0.05) is 31.6 Å². The Morgan fingerprint density at radius 1 is 1.05 bits per heavy atom. The minimum absolute atomic E-state index is 0.0598. The molecule has 0 aliphatic carbocycles. The summed E-state index contributed by atoms with van der Waals surface area (Å²) in [6.45, 7) is 3.21. The molecule has 9 heteroatoms. The van der Waals surface area contributed by atoms with Gasteiger partial charge in [-0.1, -0.05) is 48.4 Å². The number of terminal acetylenes is 1. The van der Waals surface area contributed by atoms with Gasteiger partial charge in [0.2, 0.25) is 17.7 Å². The van der Waals surface area contributed by atoms with E-state index in [9.17, 15) is 19.2 Å². The van der Waals surface area contributed by atoms with Crippen LogP contribution >= 0.6 is 0 Å². The highest BCUT2D eigenvalue weighted by molar-refractivity contribution is 5.89. The number of carboxylic acids is 1. The first kappa shape index (κ1) is 27.7. The molecule has 37 heavy (non-hydrogen) atoms. The van der Waals surface area contributed by atoms with Crippen LogP contribution in [0, 0.1) is 12.3 Å². The van der Waals surface area contributed by atoms with Crippen LogP contribution in [0.15, 0.2) is 42.5 Å². The third-order valence-electron chi connectivity index (χ3n) is 6.78. The van der Waals surface area contributed by atoms with Crippen LogP contribution in [0.3, 0.4) is 0 Å². The summed E-state index contributed by atoms with van der Waals surface area (Å²) < 4.78 is 0. The molecule has 9 nitrogen and oxygen atoms in total. The third kappa shape index (κ3) is 7.79. The Hall–Kier alpha value is -3.90. The van der Waals surface area contributed by atoms with Crippen LogP contribution in [0.5, 0.6) is 0 Å². The molecule has 1 fully saturated rings. The van der Waals surface area contributed by atoms with E-state index in [1.165, 1.54) is 21.2 Å². The highest BCUT2D eigenvalue weighted by Crippen LogP contribution is 2.31. The maximum atomic E-state index is 12.9. The summed E-state index contributed by atoms with van der Waals surface area (Å²) >= 11 is 0. The Bertz CT molecular complexity index is 1160. The number of aliphatic carboxylic acids is 1. The van der Waals surface area contributed by atoms with E-state index in [0.717, 1.165) is 13.1 Å². The second kappa shape index (κ2) is 13.4. The van der Waals surface area contributed by atoms with Gasteiger partial charge in [0.25, 0.3) is 0 Å². The maximum Gasteiger partial charge on any atom is 0.303 e. The van der Waals surface area contributed by atoms with Crippen LogP contribution in [0.2, 0.25) is 0 Å². The fraction of sp³-hybridized carbons (Fsp3) is 0.429. The van der Waals surface area contributed by atoms with Crippen LogP contribution in [-0.4, -0.2) is 77.4 Å². The first-order valence-corrected chi connectivity index (χ1v) is 12.5. The lowest BCUT2D eigenvalue weighted by atomic mass is 9.95. The summed E-state index contributed by atoms with van der Waals surface area (Å²) in [5, 5.41) is 16.4. The molecule has 0 aromatic heterocycles. The largest absolute Gasteiger partial charge is 0.481 e.